The van der Waals surface area contributed by atoms with Crippen molar-refractivity contribution in [2.45, 2.75) is 25.9 Å². The Morgan fingerprint density at radius 2 is 2.14 bits per heavy atom. The molecule has 118 valence electrons. The number of anilines is 2. The van der Waals surface area contributed by atoms with Crippen molar-refractivity contribution in [1.82, 2.24) is 15.3 Å². The normalized spacial score (nSPS) is 10.6. The smallest absolute Gasteiger partial charge is 0.239 e. The van der Waals surface area contributed by atoms with Crippen LogP contribution in [-0.2, 0) is 4.79 Å². The summed E-state index contributed by atoms with van der Waals surface area (Å²) in [7, 11) is 1.86. The molecule has 21 heavy (non-hydrogen) atoms. The van der Waals surface area contributed by atoms with Gasteiger partial charge in [-0.05, 0) is 19.1 Å². The maximum Gasteiger partial charge on any atom is 0.239 e. The largest absolute Gasteiger partial charge is 0.370 e. The minimum absolute atomic E-state index is 0.000476. The Bertz CT molecular complexity index is 467. The van der Waals surface area contributed by atoms with E-state index in [0.717, 1.165) is 18.2 Å². The fraction of sp³-hybridized carbons (Fsp3) is 0.643. The third kappa shape index (κ3) is 6.20. The van der Waals surface area contributed by atoms with Gasteiger partial charge in [-0.1, -0.05) is 25.6 Å². The first-order valence-electron chi connectivity index (χ1n) is 7.11. The molecule has 0 atom stereocenters. The molecular formula is C14H25N5OS. The quantitative estimate of drug-likeness (QED) is 0.564. The Morgan fingerprint density at radius 3 is 2.71 bits per heavy atom. The van der Waals surface area contributed by atoms with Crippen molar-refractivity contribution in [2.75, 3.05) is 43.2 Å². The van der Waals surface area contributed by atoms with Crippen LogP contribution in [0.25, 0.3) is 0 Å². The predicted molar refractivity (Wildman–Crippen MR) is 89.1 cm³/mol. The number of rotatable bonds is 8. The lowest BCUT2D eigenvalue weighted by Gasteiger charge is -2.19. The number of amides is 1. The van der Waals surface area contributed by atoms with Gasteiger partial charge in [0, 0.05) is 26.2 Å². The molecule has 0 radical (unpaired) electrons. The van der Waals surface area contributed by atoms with Crippen LogP contribution >= 0.6 is 11.8 Å². The van der Waals surface area contributed by atoms with E-state index in [-0.39, 0.29) is 12.5 Å². The van der Waals surface area contributed by atoms with Gasteiger partial charge in [0.1, 0.15) is 11.6 Å². The summed E-state index contributed by atoms with van der Waals surface area (Å²) in [5.74, 6) is 1.97. The lowest BCUT2D eigenvalue weighted by molar-refractivity contribution is -0.119. The zero-order valence-electron chi connectivity index (χ0n) is 13.4. The van der Waals surface area contributed by atoms with Crippen LogP contribution in [0, 0.1) is 5.92 Å². The molecule has 1 amide bonds. The van der Waals surface area contributed by atoms with Crippen molar-refractivity contribution in [3.05, 3.63) is 6.07 Å². The van der Waals surface area contributed by atoms with Crippen molar-refractivity contribution < 1.29 is 4.79 Å². The van der Waals surface area contributed by atoms with Gasteiger partial charge in [0.25, 0.3) is 0 Å². The molecule has 0 bridgehead atoms. The topological polar surface area (TPSA) is 70.2 Å². The van der Waals surface area contributed by atoms with E-state index in [1.165, 1.54) is 11.8 Å². The molecule has 1 aromatic heterocycles. The van der Waals surface area contributed by atoms with Crippen molar-refractivity contribution in [2.24, 2.45) is 5.92 Å². The highest BCUT2D eigenvalue weighted by Gasteiger charge is 2.11. The number of carbonyl (C=O) groups is 1. The van der Waals surface area contributed by atoms with Crippen molar-refractivity contribution in [1.29, 1.82) is 0 Å². The maximum absolute atomic E-state index is 11.9. The van der Waals surface area contributed by atoms with Crippen LogP contribution in [-0.4, -0.2) is 48.8 Å². The van der Waals surface area contributed by atoms with Gasteiger partial charge in [-0.2, -0.15) is 0 Å². The second-order valence-corrected chi connectivity index (χ2v) is 5.96. The van der Waals surface area contributed by atoms with Gasteiger partial charge in [-0.3, -0.25) is 4.79 Å². The van der Waals surface area contributed by atoms with Crippen LogP contribution < -0.4 is 15.5 Å². The molecule has 0 aromatic carbocycles. The molecule has 6 nitrogen and oxygen atoms in total. The Labute approximate surface area is 131 Å². The summed E-state index contributed by atoms with van der Waals surface area (Å²) in [6.07, 6.45) is 1.93. The lowest BCUT2D eigenvalue weighted by atomic mass is 10.2. The molecule has 0 spiro atoms. The van der Waals surface area contributed by atoms with E-state index in [1.54, 1.807) is 0 Å². The Morgan fingerprint density at radius 1 is 1.43 bits per heavy atom. The van der Waals surface area contributed by atoms with Crippen LogP contribution in [0.4, 0.5) is 11.6 Å². The molecule has 0 aliphatic carbocycles. The molecule has 0 saturated heterocycles. The van der Waals surface area contributed by atoms with Crippen molar-refractivity contribution >= 4 is 29.3 Å². The number of aromatic nitrogens is 2. The Kier molecular flexibility index (Phi) is 7.28. The van der Waals surface area contributed by atoms with Crippen LogP contribution in [0.5, 0.6) is 0 Å². The molecule has 0 saturated carbocycles. The number of nitrogens with one attached hydrogen (secondary N) is 2. The summed E-state index contributed by atoms with van der Waals surface area (Å²) in [6.45, 7) is 7.93. The van der Waals surface area contributed by atoms with E-state index in [2.05, 4.69) is 34.4 Å². The van der Waals surface area contributed by atoms with Crippen LogP contribution in [0.2, 0.25) is 0 Å². The number of carbonyl (C=O) groups excluding carboxylic acids is 1. The fourth-order valence-electron chi connectivity index (χ4n) is 1.64. The second kappa shape index (κ2) is 8.71. The molecule has 0 fully saturated rings. The van der Waals surface area contributed by atoms with Crippen LogP contribution in [0.1, 0.15) is 20.8 Å². The highest BCUT2D eigenvalue weighted by Crippen LogP contribution is 2.19. The first-order valence-corrected chi connectivity index (χ1v) is 8.33. The number of thioether (sulfide) groups is 1. The third-order valence-corrected chi connectivity index (χ3v) is 3.26. The zero-order valence-corrected chi connectivity index (χ0v) is 14.3. The lowest BCUT2D eigenvalue weighted by Crippen LogP contribution is -2.37. The van der Waals surface area contributed by atoms with Gasteiger partial charge in [-0.25, -0.2) is 9.97 Å². The van der Waals surface area contributed by atoms with Crippen LogP contribution in [0.3, 0.4) is 0 Å². The van der Waals surface area contributed by atoms with E-state index in [4.69, 9.17) is 0 Å². The Balaban J connectivity index is 2.74. The summed E-state index contributed by atoms with van der Waals surface area (Å²) in [6, 6.07) is 1.86. The fourth-order valence-corrected chi connectivity index (χ4v) is 2.02. The third-order valence-electron chi connectivity index (χ3n) is 2.71. The number of hydrogen-bond donors (Lipinski definition) is 2. The van der Waals surface area contributed by atoms with E-state index in [9.17, 15) is 4.79 Å². The first-order chi connectivity index (χ1) is 9.96. The minimum Gasteiger partial charge on any atom is -0.370 e. The van der Waals surface area contributed by atoms with E-state index < -0.39 is 0 Å². The monoisotopic (exact) mass is 311 g/mol. The zero-order chi connectivity index (χ0) is 15.8. The summed E-state index contributed by atoms with van der Waals surface area (Å²) in [4.78, 5) is 22.5. The number of nitrogens with zero attached hydrogens (tertiary/aromatic N) is 3. The summed E-state index contributed by atoms with van der Waals surface area (Å²) in [5, 5.41) is 6.78. The standard InChI is InChI=1S/C14H25N5OS/c1-6-15-11-7-12(18-14(17-11)21-5)19(4)9-13(20)16-8-10(2)3/h7,10H,6,8-9H2,1-5H3,(H,16,20)(H,15,17,18). The molecule has 0 aliphatic rings. The predicted octanol–water partition coefficient (Wildman–Crippen LogP) is 1.84. The SMILES string of the molecule is CCNc1cc(N(C)CC(=O)NCC(C)C)nc(SC)n1. The molecule has 0 unspecified atom stereocenters. The second-order valence-electron chi connectivity index (χ2n) is 5.18. The molecule has 1 heterocycles. The van der Waals surface area contributed by atoms with Gasteiger partial charge in [0.05, 0.1) is 6.54 Å². The average Bonchev–Trinajstić information content (AvgIpc) is 2.45. The number of likely N-dealkylation sites (N-methyl/N-ethyl adjacent to an activating group) is 1. The van der Waals surface area contributed by atoms with Gasteiger partial charge in [-0.15, -0.1) is 0 Å². The van der Waals surface area contributed by atoms with E-state index in [1.807, 2.05) is 31.2 Å². The van der Waals surface area contributed by atoms with Gasteiger partial charge < -0.3 is 15.5 Å². The van der Waals surface area contributed by atoms with E-state index in [0.29, 0.717) is 17.6 Å². The molecule has 2 N–H and O–H groups in total. The molecule has 1 rings (SSSR count). The molecule has 1 aromatic rings. The summed E-state index contributed by atoms with van der Waals surface area (Å²) < 4.78 is 0. The van der Waals surface area contributed by atoms with Crippen LogP contribution in [0.15, 0.2) is 11.2 Å². The summed E-state index contributed by atoms with van der Waals surface area (Å²) in [5.41, 5.74) is 0. The Hall–Kier alpha value is -1.50. The summed E-state index contributed by atoms with van der Waals surface area (Å²) >= 11 is 1.48. The van der Waals surface area contributed by atoms with E-state index >= 15 is 0 Å². The highest BCUT2D eigenvalue weighted by atomic mass is 32.2. The molecule has 7 heteroatoms. The average molecular weight is 311 g/mol. The van der Waals surface area contributed by atoms with Crippen molar-refractivity contribution in [3.63, 3.8) is 0 Å². The van der Waals surface area contributed by atoms with Gasteiger partial charge in [0.15, 0.2) is 5.16 Å². The first kappa shape index (κ1) is 17.6. The minimum atomic E-state index is 0.000476. The van der Waals surface area contributed by atoms with Crippen molar-refractivity contribution in [3.8, 4) is 0 Å². The van der Waals surface area contributed by atoms with Gasteiger partial charge >= 0.3 is 0 Å². The highest BCUT2D eigenvalue weighted by molar-refractivity contribution is 7.98. The maximum atomic E-state index is 11.9. The number of hydrogen-bond acceptors (Lipinski definition) is 6. The molecular weight excluding hydrogens is 286 g/mol. The molecule has 0 aliphatic heterocycles. The van der Waals surface area contributed by atoms with Gasteiger partial charge in [0.2, 0.25) is 5.91 Å².